The molecular weight excluding hydrogens is 408 g/mol. The predicted molar refractivity (Wildman–Crippen MR) is 87.0 cm³/mol. The van der Waals surface area contributed by atoms with Gasteiger partial charge in [-0.2, -0.15) is 0 Å². The molecule has 4 nitrogen and oxygen atoms in total. The molecule has 0 saturated carbocycles. The van der Waals surface area contributed by atoms with Crippen LogP contribution in [0.15, 0.2) is 38.6 Å². The number of nitrogens with one attached hydrogen (secondary N) is 1. The highest BCUT2D eigenvalue weighted by molar-refractivity contribution is 9.13. The molecular formula is C13H10Br2N2O2S. The van der Waals surface area contributed by atoms with E-state index in [0.29, 0.717) is 16.1 Å². The molecule has 2 rings (SSSR count). The molecule has 0 aliphatic heterocycles. The second-order valence-corrected chi connectivity index (χ2v) is 7.21. The van der Waals surface area contributed by atoms with Gasteiger partial charge in [-0.3, -0.25) is 9.59 Å². The number of carbonyl (C=O) groups is 2. The van der Waals surface area contributed by atoms with Crippen LogP contribution in [0.3, 0.4) is 0 Å². The molecule has 1 aromatic carbocycles. The van der Waals surface area contributed by atoms with E-state index in [2.05, 4.69) is 37.2 Å². The number of para-hydroxylation sites is 1. The number of thiophene rings is 1. The molecule has 0 fully saturated rings. The second-order valence-electron chi connectivity index (χ2n) is 3.99. The van der Waals surface area contributed by atoms with E-state index in [9.17, 15) is 9.59 Å². The first kappa shape index (κ1) is 15.2. The Morgan fingerprint density at radius 2 is 1.95 bits per heavy atom. The van der Waals surface area contributed by atoms with Crippen LogP contribution in [0.2, 0.25) is 0 Å². The molecule has 3 N–H and O–H groups in total. The SMILES string of the molecule is NC(=O)Cc1ccccc1NC(=O)c1cc(Br)c(Br)s1. The zero-order chi connectivity index (χ0) is 14.7. The first-order valence-electron chi connectivity index (χ1n) is 5.59. The van der Waals surface area contributed by atoms with Crippen molar-refractivity contribution in [2.75, 3.05) is 5.32 Å². The van der Waals surface area contributed by atoms with Crippen LogP contribution in [-0.2, 0) is 11.2 Å². The lowest BCUT2D eigenvalue weighted by Gasteiger charge is -2.08. The molecule has 0 aliphatic carbocycles. The van der Waals surface area contributed by atoms with Gasteiger partial charge in [0.2, 0.25) is 5.91 Å². The Morgan fingerprint density at radius 3 is 2.55 bits per heavy atom. The van der Waals surface area contributed by atoms with Crippen molar-refractivity contribution in [1.29, 1.82) is 0 Å². The predicted octanol–water partition coefficient (Wildman–Crippen LogP) is 3.55. The van der Waals surface area contributed by atoms with Crippen molar-refractivity contribution in [3.63, 3.8) is 0 Å². The number of primary amides is 1. The minimum absolute atomic E-state index is 0.0916. The molecule has 0 saturated heterocycles. The quantitative estimate of drug-likeness (QED) is 0.798. The summed E-state index contributed by atoms with van der Waals surface area (Å²) in [5.74, 6) is -0.661. The summed E-state index contributed by atoms with van der Waals surface area (Å²) in [6.45, 7) is 0. The molecule has 2 amide bonds. The molecule has 0 aliphatic rings. The van der Waals surface area contributed by atoms with Gasteiger partial charge in [0.15, 0.2) is 0 Å². The van der Waals surface area contributed by atoms with Crippen LogP contribution >= 0.6 is 43.2 Å². The Hall–Kier alpha value is -1.18. The molecule has 1 heterocycles. The van der Waals surface area contributed by atoms with E-state index < -0.39 is 5.91 Å². The lowest BCUT2D eigenvalue weighted by atomic mass is 10.1. The van der Waals surface area contributed by atoms with Crippen LogP contribution < -0.4 is 11.1 Å². The van der Waals surface area contributed by atoms with Gasteiger partial charge < -0.3 is 11.1 Å². The van der Waals surface area contributed by atoms with Crippen molar-refractivity contribution in [2.45, 2.75) is 6.42 Å². The van der Waals surface area contributed by atoms with Crippen molar-refractivity contribution in [1.82, 2.24) is 0 Å². The summed E-state index contributed by atoms with van der Waals surface area (Å²) in [5.41, 5.74) is 6.49. The summed E-state index contributed by atoms with van der Waals surface area (Å²) in [4.78, 5) is 23.8. The van der Waals surface area contributed by atoms with E-state index in [1.807, 2.05) is 0 Å². The Kier molecular flexibility index (Phi) is 4.95. The van der Waals surface area contributed by atoms with Gasteiger partial charge in [-0.1, -0.05) is 18.2 Å². The molecule has 20 heavy (non-hydrogen) atoms. The van der Waals surface area contributed by atoms with Gasteiger partial charge in [0.1, 0.15) is 0 Å². The third-order valence-corrected chi connectivity index (χ3v) is 5.75. The maximum atomic E-state index is 12.2. The van der Waals surface area contributed by atoms with Crippen molar-refractivity contribution >= 4 is 60.7 Å². The van der Waals surface area contributed by atoms with Crippen LogP contribution in [0.5, 0.6) is 0 Å². The summed E-state index contributed by atoms with van der Waals surface area (Å²) >= 11 is 8.01. The molecule has 0 unspecified atom stereocenters. The first-order chi connectivity index (χ1) is 9.47. The topological polar surface area (TPSA) is 72.2 Å². The maximum Gasteiger partial charge on any atom is 0.265 e. The number of anilines is 1. The number of amides is 2. The van der Waals surface area contributed by atoms with Gasteiger partial charge in [0.05, 0.1) is 15.1 Å². The third-order valence-electron chi connectivity index (χ3n) is 2.50. The van der Waals surface area contributed by atoms with Crippen LogP contribution in [0.25, 0.3) is 0 Å². The summed E-state index contributed by atoms with van der Waals surface area (Å²) < 4.78 is 1.69. The zero-order valence-electron chi connectivity index (χ0n) is 10.2. The summed E-state index contributed by atoms with van der Waals surface area (Å²) in [6.07, 6.45) is 0.0916. The van der Waals surface area contributed by atoms with Crippen LogP contribution in [0.1, 0.15) is 15.2 Å². The average Bonchev–Trinajstić information content (AvgIpc) is 2.71. The van der Waals surface area contributed by atoms with Crippen molar-refractivity contribution in [2.24, 2.45) is 5.73 Å². The van der Waals surface area contributed by atoms with Crippen LogP contribution in [0.4, 0.5) is 5.69 Å². The van der Waals surface area contributed by atoms with Crippen LogP contribution in [0, 0.1) is 0 Å². The summed E-state index contributed by atoms with van der Waals surface area (Å²) in [7, 11) is 0. The Labute approximate surface area is 136 Å². The van der Waals surface area contributed by atoms with Gasteiger partial charge in [0.25, 0.3) is 5.91 Å². The standard InChI is InChI=1S/C13H10Br2N2O2S/c14-8-6-10(20-12(8)15)13(19)17-9-4-2-1-3-7(9)5-11(16)18/h1-4,6H,5H2,(H2,16,18)(H,17,19). The lowest BCUT2D eigenvalue weighted by Crippen LogP contribution is -2.17. The minimum Gasteiger partial charge on any atom is -0.369 e. The average molecular weight is 418 g/mol. The van der Waals surface area contributed by atoms with E-state index >= 15 is 0 Å². The third kappa shape index (κ3) is 3.68. The van der Waals surface area contributed by atoms with Crippen LogP contribution in [-0.4, -0.2) is 11.8 Å². The molecule has 0 bridgehead atoms. The lowest BCUT2D eigenvalue weighted by molar-refractivity contribution is -0.117. The Morgan fingerprint density at radius 1 is 1.25 bits per heavy atom. The maximum absolute atomic E-state index is 12.2. The molecule has 0 atom stereocenters. The zero-order valence-corrected chi connectivity index (χ0v) is 14.1. The number of benzene rings is 1. The van der Waals surface area contributed by atoms with E-state index in [4.69, 9.17) is 5.73 Å². The smallest absolute Gasteiger partial charge is 0.265 e. The molecule has 0 spiro atoms. The highest BCUT2D eigenvalue weighted by atomic mass is 79.9. The monoisotopic (exact) mass is 416 g/mol. The van der Waals surface area contributed by atoms with Crippen molar-refractivity contribution in [3.05, 3.63) is 49.0 Å². The summed E-state index contributed by atoms with van der Waals surface area (Å²) in [6, 6.07) is 8.84. The van der Waals surface area contributed by atoms with E-state index in [1.165, 1.54) is 11.3 Å². The van der Waals surface area contributed by atoms with Gasteiger partial charge in [-0.25, -0.2) is 0 Å². The second kappa shape index (κ2) is 6.51. The number of carbonyl (C=O) groups excluding carboxylic acids is 2. The highest BCUT2D eigenvalue weighted by Gasteiger charge is 2.14. The summed E-state index contributed by atoms with van der Waals surface area (Å²) in [5, 5.41) is 2.79. The van der Waals surface area contributed by atoms with Gasteiger partial charge >= 0.3 is 0 Å². The molecule has 2 aromatic rings. The highest BCUT2D eigenvalue weighted by Crippen LogP contribution is 2.32. The number of halogens is 2. The number of hydrogen-bond acceptors (Lipinski definition) is 3. The normalized spacial score (nSPS) is 10.3. The number of hydrogen-bond donors (Lipinski definition) is 2. The van der Waals surface area contributed by atoms with E-state index in [1.54, 1.807) is 30.3 Å². The molecule has 0 radical (unpaired) electrons. The van der Waals surface area contributed by atoms with E-state index in [-0.39, 0.29) is 12.3 Å². The fourth-order valence-corrected chi connectivity index (χ4v) is 3.56. The molecule has 104 valence electrons. The van der Waals surface area contributed by atoms with Gasteiger partial charge in [-0.15, -0.1) is 11.3 Å². The largest absolute Gasteiger partial charge is 0.369 e. The minimum atomic E-state index is -0.437. The van der Waals surface area contributed by atoms with E-state index in [0.717, 1.165) is 8.26 Å². The number of rotatable bonds is 4. The van der Waals surface area contributed by atoms with Gasteiger partial charge in [0, 0.05) is 10.2 Å². The van der Waals surface area contributed by atoms with Crippen molar-refractivity contribution < 1.29 is 9.59 Å². The Bertz CT molecular complexity index is 651. The number of nitrogens with two attached hydrogens (primary N) is 1. The fraction of sp³-hybridized carbons (Fsp3) is 0.0769. The molecule has 1 aromatic heterocycles. The fourth-order valence-electron chi connectivity index (χ4n) is 1.63. The Balaban J connectivity index is 2.21. The first-order valence-corrected chi connectivity index (χ1v) is 8.00. The van der Waals surface area contributed by atoms with Gasteiger partial charge in [-0.05, 0) is 49.6 Å². The molecule has 7 heteroatoms. The van der Waals surface area contributed by atoms with Crippen molar-refractivity contribution in [3.8, 4) is 0 Å².